The van der Waals surface area contributed by atoms with Crippen LogP contribution in [-0.2, 0) is 14.3 Å². The van der Waals surface area contributed by atoms with Gasteiger partial charge in [-0.05, 0) is 48.0 Å². The Kier molecular flexibility index (Phi) is 8.07. The first-order valence-corrected chi connectivity index (χ1v) is 9.31. The highest BCUT2D eigenvalue weighted by Gasteiger charge is 2.15. The van der Waals surface area contributed by atoms with E-state index < -0.39 is 11.9 Å². The number of nitrogens with zero attached hydrogens (tertiary/aromatic N) is 1. The zero-order chi connectivity index (χ0) is 21.4. The first-order valence-electron chi connectivity index (χ1n) is 8.13. The molecule has 0 fully saturated rings. The maximum Gasteiger partial charge on any atom is 0.343 e. The molecule has 0 aromatic heterocycles. The SMILES string of the molecule is COC(=O)COc1cc(Br)c(/C=C(/C#N)C(=O)Nc2ccc(Cl)cc2)cc1OC. The number of halogens is 2. The summed E-state index contributed by atoms with van der Waals surface area (Å²) in [5, 5.41) is 12.6. The number of carbonyl (C=O) groups is 2. The van der Waals surface area contributed by atoms with Gasteiger partial charge in [0.1, 0.15) is 11.6 Å². The molecular formula is C20H16BrClN2O5. The Labute approximate surface area is 180 Å². The summed E-state index contributed by atoms with van der Waals surface area (Å²) < 4.78 is 15.7. The summed E-state index contributed by atoms with van der Waals surface area (Å²) in [5.41, 5.74) is 0.893. The van der Waals surface area contributed by atoms with Gasteiger partial charge in [0.2, 0.25) is 0 Å². The number of nitriles is 1. The van der Waals surface area contributed by atoms with Crippen LogP contribution in [0.15, 0.2) is 46.4 Å². The van der Waals surface area contributed by atoms with Gasteiger partial charge in [-0.15, -0.1) is 0 Å². The van der Waals surface area contributed by atoms with E-state index in [0.717, 1.165) is 0 Å². The minimum absolute atomic E-state index is 0.120. The van der Waals surface area contributed by atoms with Crippen molar-refractivity contribution in [3.8, 4) is 17.6 Å². The number of amides is 1. The Morgan fingerprint density at radius 1 is 1.21 bits per heavy atom. The molecule has 0 unspecified atom stereocenters. The predicted molar refractivity (Wildman–Crippen MR) is 112 cm³/mol. The van der Waals surface area contributed by atoms with Gasteiger partial charge >= 0.3 is 5.97 Å². The zero-order valence-corrected chi connectivity index (χ0v) is 17.8. The second-order valence-corrected chi connectivity index (χ2v) is 6.81. The van der Waals surface area contributed by atoms with Crippen LogP contribution in [0.5, 0.6) is 11.5 Å². The molecule has 0 spiro atoms. The number of hydrogen-bond donors (Lipinski definition) is 1. The van der Waals surface area contributed by atoms with E-state index in [1.54, 1.807) is 36.4 Å². The molecule has 0 saturated heterocycles. The van der Waals surface area contributed by atoms with E-state index >= 15 is 0 Å². The Bertz CT molecular complexity index is 984. The van der Waals surface area contributed by atoms with Crippen molar-refractivity contribution in [3.05, 3.63) is 57.0 Å². The van der Waals surface area contributed by atoms with Gasteiger partial charge in [0.05, 0.1) is 14.2 Å². The molecule has 0 saturated carbocycles. The van der Waals surface area contributed by atoms with E-state index in [-0.39, 0.29) is 12.2 Å². The smallest absolute Gasteiger partial charge is 0.343 e. The molecule has 1 amide bonds. The Hall–Kier alpha value is -3.02. The predicted octanol–water partition coefficient (Wildman–Crippen LogP) is 4.21. The topological polar surface area (TPSA) is 97.7 Å². The lowest BCUT2D eigenvalue weighted by Crippen LogP contribution is -2.13. The molecule has 29 heavy (non-hydrogen) atoms. The lowest BCUT2D eigenvalue weighted by atomic mass is 10.1. The summed E-state index contributed by atoms with van der Waals surface area (Å²) in [7, 11) is 2.69. The van der Waals surface area contributed by atoms with Crippen molar-refractivity contribution >= 4 is 51.2 Å². The fraction of sp³-hybridized carbons (Fsp3) is 0.150. The highest BCUT2D eigenvalue weighted by molar-refractivity contribution is 9.10. The highest BCUT2D eigenvalue weighted by Crippen LogP contribution is 2.34. The van der Waals surface area contributed by atoms with Crippen LogP contribution in [0.2, 0.25) is 5.02 Å². The zero-order valence-electron chi connectivity index (χ0n) is 15.5. The third-order valence-corrected chi connectivity index (χ3v) is 4.56. The van der Waals surface area contributed by atoms with Crippen LogP contribution < -0.4 is 14.8 Å². The van der Waals surface area contributed by atoms with Crippen molar-refractivity contribution in [3.63, 3.8) is 0 Å². The lowest BCUT2D eigenvalue weighted by molar-refractivity contribution is -0.142. The van der Waals surface area contributed by atoms with Crippen molar-refractivity contribution in [2.45, 2.75) is 0 Å². The van der Waals surface area contributed by atoms with Gasteiger partial charge in [0.15, 0.2) is 18.1 Å². The van der Waals surface area contributed by atoms with E-state index in [1.807, 2.05) is 6.07 Å². The molecule has 9 heteroatoms. The average Bonchev–Trinajstić information content (AvgIpc) is 2.72. The van der Waals surface area contributed by atoms with Gasteiger partial charge < -0.3 is 19.5 Å². The van der Waals surface area contributed by atoms with Crippen LogP contribution in [0.4, 0.5) is 5.69 Å². The van der Waals surface area contributed by atoms with E-state index in [9.17, 15) is 14.9 Å². The van der Waals surface area contributed by atoms with E-state index in [0.29, 0.717) is 32.2 Å². The second-order valence-electron chi connectivity index (χ2n) is 5.52. The van der Waals surface area contributed by atoms with E-state index in [2.05, 4.69) is 26.0 Å². The number of methoxy groups -OCH3 is 2. The molecule has 7 nitrogen and oxygen atoms in total. The molecule has 2 aromatic carbocycles. The third-order valence-electron chi connectivity index (χ3n) is 3.62. The van der Waals surface area contributed by atoms with Crippen LogP contribution in [0.25, 0.3) is 6.08 Å². The Balaban J connectivity index is 2.27. The lowest BCUT2D eigenvalue weighted by Gasteiger charge is -2.12. The molecule has 2 aromatic rings. The van der Waals surface area contributed by atoms with Crippen LogP contribution >= 0.6 is 27.5 Å². The fourth-order valence-corrected chi connectivity index (χ4v) is 2.73. The molecule has 0 aliphatic heterocycles. The fourth-order valence-electron chi connectivity index (χ4n) is 2.17. The Morgan fingerprint density at radius 2 is 1.90 bits per heavy atom. The number of anilines is 1. The summed E-state index contributed by atoms with van der Waals surface area (Å²) >= 11 is 9.19. The minimum atomic E-state index is -0.577. The minimum Gasteiger partial charge on any atom is -0.493 e. The molecule has 1 N–H and O–H groups in total. The normalized spacial score (nSPS) is 10.7. The maximum atomic E-state index is 12.4. The Morgan fingerprint density at radius 3 is 2.48 bits per heavy atom. The van der Waals surface area contributed by atoms with Crippen molar-refractivity contribution < 1.29 is 23.8 Å². The number of ether oxygens (including phenoxy) is 3. The van der Waals surface area contributed by atoms with Gasteiger partial charge in [0, 0.05) is 15.2 Å². The van der Waals surface area contributed by atoms with Crippen molar-refractivity contribution in [1.29, 1.82) is 5.26 Å². The van der Waals surface area contributed by atoms with Crippen molar-refractivity contribution in [2.24, 2.45) is 0 Å². The van der Waals surface area contributed by atoms with E-state index in [4.69, 9.17) is 21.1 Å². The van der Waals surface area contributed by atoms with Gasteiger partial charge in [-0.3, -0.25) is 4.79 Å². The molecule has 0 bridgehead atoms. The molecule has 2 rings (SSSR count). The molecule has 0 heterocycles. The monoisotopic (exact) mass is 478 g/mol. The number of hydrogen-bond acceptors (Lipinski definition) is 6. The number of nitrogens with one attached hydrogen (secondary N) is 1. The molecular weight excluding hydrogens is 464 g/mol. The van der Waals surface area contributed by atoms with Crippen LogP contribution in [0.3, 0.4) is 0 Å². The van der Waals surface area contributed by atoms with Crippen molar-refractivity contribution in [1.82, 2.24) is 0 Å². The van der Waals surface area contributed by atoms with Crippen LogP contribution in [-0.4, -0.2) is 32.7 Å². The van der Waals surface area contributed by atoms with E-state index in [1.165, 1.54) is 20.3 Å². The van der Waals surface area contributed by atoms with Gasteiger partial charge in [-0.25, -0.2) is 4.79 Å². The largest absolute Gasteiger partial charge is 0.493 e. The van der Waals surface area contributed by atoms with Crippen LogP contribution in [0, 0.1) is 11.3 Å². The first kappa shape index (κ1) is 22.3. The summed E-state index contributed by atoms with van der Waals surface area (Å²) in [6, 6.07) is 11.5. The summed E-state index contributed by atoms with van der Waals surface area (Å²) in [6.45, 7) is -0.290. The summed E-state index contributed by atoms with van der Waals surface area (Å²) in [6.07, 6.45) is 1.40. The maximum absolute atomic E-state index is 12.4. The number of esters is 1. The average molecular weight is 480 g/mol. The number of carbonyl (C=O) groups excluding carboxylic acids is 2. The summed E-state index contributed by atoms with van der Waals surface area (Å²) in [5.74, 6) is -0.505. The molecule has 0 aliphatic carbocycles. The molecule has 0 radical (unpaired) electrons. The van der Waals surface area contributed by atoms with Gasteiger partial charge in [0.25, 0.3) is 5.91 Å². The molecule has 0 atom stereocenters. The third kappa shape index (κ3) is 6.24. The first-order chi connectivity index (χ1) is 13.9. The van der Waals surface area contributed by atoms with Crippen molar-refractivity contribution in [2.75, 3.05) is 26.1 Å². The van der Waals surface area contributed by atoms with Crippen LogP contribution in [0.1, 0.15) is 5.56 Å². The van der Waals surface area contributed by atoms with Gasteiger partial charge in [-0.1, -0.05) is 27.5 Å². The second kappa shape index (κ2) is 10.5. The molecule has 0 aliphatic rings. The quantitative estimate of drug-likeness (QED) is 0.363. The van der Waals surface area contributed by atoms with Gasteiger partial charge in [-0.2, -0.15) is 5.26 Å². The highest BCUT2D eigenvalue weighted by atomic mass is 79.9. The standard InChI is InChI=1S/C20H16BrClN2O5/c1-27-17-8-12(16(21)9-18(17)29-11-19(25)28-2)7-13(10-23)20(26)24-15-5-3-14(22)4-6-15/h3-9H,11H2,1-2H3,(H,24,26)/b13-7-. The number of benzene rings is 2. The summed E-state index contributed by atoms with van der Waals surface area (Å²) in [4.78, 5) is 23.7. The molecule has 150 valence electrons. The number of rotatable bonds is 7.